The van der Waals surface area contributed by atoms with Crippen LogP contribution in [-0.2, 0) is 6.54 Å². The van der Waals surface area contributed by atoms with E-state index < -0.39 is 4.92 Å². The van der Waals surface area contributed by atoms with Gasteiger partial charge in [0.1, 0.15) is 11.6 Å². The normalized spacial score (nSPS) is 10.8. The van der Waals surface area contributed by atoms with E-state index in [1.165, 1.54) is 6.26 Å². The molecule has 0 unspecified atom stereocenters. The van der Waals surface area contributed by atoms with Gasteiger partial charge in [-0.25, -0.2) is 9.97 Å². The summed E-state index contributed by atoms with van der Waals surface area (Å²) < 4.78 is 5.15. The van der Waals surface area contributed by atoms with Gasteiger partial charge in [0.05, 0.1) is 17.7 Å². The Balaban J connectivity index is 2.34. The highest BCUT2D eigenvalue weighted by molar-refractivity contribution is 6.31. The van der Waals surface area contributed by atoms with E-state index in [4.69, 9.17) is 16.0 Å². The smallest absolute Gasteiger partial charge is 0.348 e. The van der Waals surface area contributed by atoms with Crippen molar-refractivity contribution in [2.24, 2.45) is 0 Å². The van der Waals surface area contributed by atoms with Gasteiger partial charge in [0.15, 0.2) is 0 Å². The summed E-state index contributed by atoms with van der Waals surface area (Å²) in [5.41, 5.74) is -0.331. The van der Waals surface area contributed by atoms with Gasteiger partial charge in [0, 0.05) is 5.92 Å². The zero-order valence-corrected chi connectivity index (χ0v) is 11.7. The largest absolute Gasteiger partial charge is 0.467 e. The minimum atomic E-state index is -0.600. The van der Waals surface area contributed by atoms with Crippen molar-refractivity contribution in [3.63, 3.8) is 0 Å². The molecule has 0 aromatic carbocycles. The van der Waals surface area contributed by atoms with Crippen LogP contribution in [0.25, 0.3) is 0 Å². The van der Waals surface area contributed by atoms with Gasteiger partial charge >= 0.3 is 5.69 Å². The van der Waals surface area contributed by atoms with Gasteiger partial charge in [0.25, 0.3) is 0 Å². The molecular formula is C12H13ClN4O3. The van der Waals surface area contributed by atoms with Crippen LogP contribution in [0.5, 0.6) is 0 Å². The fraction of sp³-hybridized carbons (Fsp3) is 0.333. The maximum absolute atomic E-state index is 11.1. The van der Waals surface area contributed by atoms with Crippen LogP contribution in [-0.4, -0.2) is 14.9 Å². The number of nitrogens with zero attached hydrogens (tertiary/aromatic N) is 3. The second-order valence-corrected chi connectivity index (χ2v) is 4.77. The maximum Gasteiger partial charge on any atom is 0.348 e. The third kappa shape index (κ3) is 3.05. The highest BCUT2D eigenvalue weighted by atomic mass is 35.5. The molecule has 0 saturated carbocycles. The van der Waals surface area contributed by atoms with Crippen molar-refractivity contribution in [3.8, 4) is 0 Å². The minimum absolute atomic E-state index is 0.0115. The molecule has 2 heterocycles. The van der Waals surface area contributed by atoms with Crippen molar-refractivity contribution in [2.75, 3.05) is 5.32 Å². The Bertz CT molecular complexity index is 613. The summed E-state index contributed by atoms with van der Waals surface area (Å²) in [7, 11) is 0. The van der Waals surface area contributed by atoms with Gasteiger partial charge in [-0.05, 0) is 12.1 Å². The molecule has 0 atom stereocenters. The molecule has 1 N–H and O–H groups in total. The average Bonchev–Trinajstić information content (AvgIpc) is 2.88. The SMILES string of the molecule is CC(C)c1nc(Cl)c([N+](=O)[O-])c(NCc2ccco2)n1. The fourth-order valence-corrected chi connectivity index (χ4v) is 1.82. The van der Waals surface area contributed by atoms with Crippen LogP contribution < -0.4 is 5.32 Å². The molecule has 0 saturated heterocycles. The molecule has 0 aliphatic carbocycles. The summed E-state index contributed by atoms with van der Waals surface area (Å²) in [6.07, 6.45) is 1.53. The standard InChI is InChI=1S/C12H13ClN4O3/c1-7(2)11-15-10(13)9(17(18)19)12(16-11)14-6-8-4-3-5-20-8/h3-5,7H,6H2,1-2H3,(H,14,15,16). The number of nitro groups is 1. The first-order valence-electron chi connectivity index (χ1n) is 5.97. The molecule has 0 aliphatic rings. The van der Waals surface area contributed by atoms with Crippen molar-refractivity contribution in [2.45, 2.75) is 26.3 Å². The van der Waals surface area contributed by atoms with Crippen LogP contribution in [0.2, 0.25) is 5.15 Å². The van der Waals surface area contributed by atoms with E-state index in [2.05, 4.69) is 15.3 Å². The van der Waals surface area contributed by atoms with Gasteiger partial charge in [-0.2, -0.15) is 0 Å². The van der Waals surface area contributed by atoms with Gasteiger partial charge in [-0.1, -0.05) is 25.4 Å². The Morgan fingerprint density at radius 1 is 1.50 bits per heavy atom. The fourth-order valence-electron chi connectivity index (χ4n) is 1.57. The van der Waals surface area contributed by atoms with Crippen LogP contribution in [0.15, 0.2) is 22.8 Å². The summed E-state index contributed by atoms with van der Waals surface area (Å²) in [5.74, 6) is 1.19. The molecular weight excluding hydrogens is 284 g/mol. The number of hydrogen-bond donors (Lipinski definition) is 1. The molecule has 20 heavy (non-hydrogen) atoms. The lowest BCUT2D eigenvalue weighted by molar-refractivity contribution is -0.384. The molecule has 0 amide bonds. The number of rotatable bonds is 5. The van der Waals surface area contributed by atoms with E-state index in [9.17, 15) is 10.1 Å². The van der Waals surface area contributed by atoms with E-state index in [0.29, 0.717) is 11.6 Å². The van der Waals surface area contributed by atoms with Gasteiger partial charge in [-0.15, -0.1) is 0 Å². The zero-order chi connectivity index (χ0) is 14.7. The average molecular weight is 297 g/mol. The van der Waals surface area contributed by atoms with Crippen LogP contribution in [0.3, 0.4) is 0 Å². The lowest BCUT2D eigenvalue weighted by atomic mass is 10.2. The van der Waals surface area contributed by atoms with E-state index in [1.807, 2.05) is 13.8 Å². The van der Waals surface area contributed by atoms with Gasteiger partial charge in [-0.3, -0.25) is 10.1 Å². The topological polar surface area (TPSA) is 94.1 Å². The predicted octanol–water partition coefficient (Wildman–Crippen LogP) is 3.37. The van der Waals surface area contributed by atoms with Crippen LogP contribution in [0.1, 0.15) is 31.4 Å². The van der Waals surface area contributed by atoms with Crippen LogP contribution in [0, 0.1) is 10.1 Å². The summed E-state index contributed by atoms with van der Waals surface area (Å²) in [6, 6.07) is 3.49. The predicted molar refractivity (Wildman–Crippen MR) is 73.8 cm³/mol. The second-order valence-electron chi connectivity index (χ2n) is 4.41. The number of aromatic nitrogens is 2. The molecule has 0 aliphatic heterocycles. The molecule has 2 aromatic rings. The van der Waals surface area contributed by atoms with Gasteiger partial charge in [0.2, 0.25) is 11.0 Å². The summed E-state index contributed by atoms with van der Waals surface area (Å²) >= 11 is 5.88. The first-order chi connectivity index (χ1) is 9.49. The molecule has 0 radical (unpaired) electrons. The lowest BCUT2D eigenvalue weighted by Crippen LogP contribution is -2.09. The van der Waals surface area contributed by atoms with E-state index in [-0.39, 0.29) is 29.1 Å². The number of hydrogen-bond acceptors (Lipinski definition) is 6. The van der Waals surface area contributed by atoms with E-state index in [1.54, 1.807) is 12.1 Å². The number of furan rings is 1. The monoisotopic (exact) mass is 296 g/mol. The first-order valence-corrected chi connectivity index (χ1v) is 6.35. The molecule has 2 aromatic heterocycles. The second kappa shape index (κ2) is 5.87. The Morgan fingerprint density at radius 3 is 2.80 bits per heavy atom. The third-order valence-electron chi connectivity index (χ3n) is 2.57. The zero-order valence-electron chi connectivity index (χ0n) is 11.0. The first kappa shape index (κ1) is 14.3. The molecule has 7 nitrogen and oxygen atoms in total. The maximum atomic E-state index is 11.1. The van der Waals surface area contributed by atoms with Crippen molar-refractivity contribution < 1.29 is 9.34 Å². The van der Waals surface area contributed by atoms with Crippen LogP contribution in [0.4, 0.5) is 11.5 Å². The third-order valence-corrected chi connectivity index (χ3v) is 2.83. The Hall–Kier alpha value is -2.15. The molecule has 106 valence electrons. The highest BCUT2D eigenvalue weighted by Gasteiger charge is 2.24. The molecule has 0 spiro atoms. The highest BCUT2D eigenvalue weighted by Crippen LogP contribution is 2.31. The Kier molecular flexibility index (Phi) is 4.19. The minimum Gasteiger partial charge on any atom is -0.467 e. The molecule has 2 rings (SSSR count). The van der Waals surface area contributed by atoms with Crippen molar-refractivity contribution in [1.82, 2.24) is 9.97 Å². The summed E-state index contributed by atoms with van der Waals surface area (Å²) in [5, 5.41) is 13.8. The Labute approximate surface area is 120 Å². The lowest BCUT2D eigenvalue weighted by Gasteiger charge is -2.09. The van der Waals surface area contributed by atoms with Crippen LogP contribution >= 0.6 is 11.6 Å². The van der Waals surface area contributed by atoms with Crippen molar-refractivity contribution in [1.29, 1.82) is 0 Å². The molecule has 0 bridgehead atoms. The number of nitrogens with one attached hydrogen (secondary N) is 1. The molecule has 0 fully saturated rings. The Morgan fingerprint density at radius 2 is 2.25 bits per heavy atom. The number of anilines is 1. The van der Waals surface area contributed by atoms with Crippen molar-refractivity contribution in [3.05, 3.63) is 45.2 Å². The molecule has 8 heteroatoms. The van der Waals surface area contributed by atoms with Crippen molar-refractivity contribution >= 4 is 23.1 Å². The quantitative estimate of drug-likeness (QED) is 0.516. The van der Waals surface area contributed by atoms with Gasteiger partial charge < -0.3 is 9.73 Å². The van der Waals surface area contributed by atoms with E-state index >= 15 is 0 Å². The number of halogens is 1. The summed E-state index contributed by atoms with van der Waals surface area (Å²) in [4.78, 5) is 18.6. The summed E-state index contributed by atoms with van der Waals surface area (Å²) in [6.45, 7) is 4.04. The van der Waals surface area contributed by atoms with E-state index in [0.717, 1.165) is 0 Å².